The molecule has 1 heterocycles. The van der Waals surface area contributed by atoms with Gasteiger partial charge in [0.25, 0.3) is 0 Å². The van der Waals surface area contributed by atoms with Crippen molar-refractivity contribution in [1.29, 1.82) is 0 Å². The second-order valence-electron chi connectivity index (χ2n) is 5.27. The second kappa shape index (κ2) is 6.19. The van der Waals surface area contributed by atoms with Gasteiger partial charge in [-0.2, -0.15) is 0 Å². The lowest BCUT2D eigenvalue weighted by molar-refractivity contribution is -0.138. The van der Waals surface area contributed by atoms with E-state index in [0.717, 1.165) is 0 Å². The molecule has 1 atom stereocenters. The topological polar surface area (TPSA) is 94.9 Å². The van der Waals surface area contributed by atoms with Crippen molar-refractivity contribution >= 4 is 15.8 Å². The summed E-state index contributed by atoms with van der Waals surface area (Å²) < 4.78 is 23.2. The van der Waals surface area contributed by atoms with Crippen LogP contribution in [0.2, 0.25) is 0 Å². The molecule has 0 spiro atoms. The van der Waals surface area contributed by atoms with Crippen LogP contribution in [0.5, 0.6) is 0 Å². The minimum absolute atomic E-state index is 0.0344. The van der Waals surface area contributed by atoms with E-state index in [9.17, 15) is 18.3 Å². The van der Waals surface area contributed by atoms with Crippen LogP contribution in [0.3, 0.4) is 0 Å². The summed E-state index contributed by atoms with van der Waals surface area (Å²) >= 11 is 0. The minimum Gasteiger partial charge on any atom is -0.481 e. The minimum atomic E-state index is -3.17. The van der Waals surface area contributed by atoms with Crippen molar-refractivity contribution in [3.05, 3.63) is 0 Å². The molecule has 0 amide bonds. The van der Waals surface area contributed by atoms with Crippen molar-refractivity contribution in [2.45, 2.75) is 44.8 Å². The van der Waals surface area contributed by atoms with E-state index in [1.807, 2.05) is 18.7 Å². The van der Waals surface area contributed by atoms with Crippen LogP contribution in [0.4, 0.5) is 0 Å². The predicted octanol–water partition coefficient (Wildman–Crippen LogP) is 0.111. The Balaban J connectivity index is 2.82. The smallest absolute Gasteiger partial charge is 0.304 e. The molecule has 1 unspecified atom stereocenters. The van der Waals surface area contributed by atoms with E-state index in [2.05, 4.69) is 0 Å². The average molecular weight is 293 g/mol. The highest BCUT2D eigenvalue weighted by atomic mass is 32.2. The van der Waals surface area contributed by atoms with E-state index < -0.39 is 27.4 Å². The highest BCUT2D eigenvalue weighted by molar-refractivity contribution is 7.91. The van der Waals surface area contributed by atoms with E-state index >= 15 is 0 Å². The number of β-amino-alcohol motifs (C(OH)–C–C–N with tert-alkyl or cyclic N) is 1. The maximum absolute atomic E-state index is 11.6. The van der Waals surface area contributed by atoms with Gasteiger partial charge in [-0.25, -0.2) is 8.42 Å². The maximum Gasteiger partial charge on any atom is 0.304 e. The Labute approximate surface area is 114 Å². The molecular weight excluding hydrogens is 270 g/mol. The summed E-state index contributed by atoms with van der Waals surface area (Å²) in [6.45, 7) is 4.36. The molecule has 0 bridgehead atoms. The number of aliphatic carboxylic acids is 1. The Kier molecular flexibility index (Phi) is 5.34. The molecule has 1 aliphatic rings. The molecule has 1 saturated heterocycles. The number of carboxylic acids is 1. The van der Waals surface area contributed by atoms with Crippen molar-refractivity contribution in [1.82, 2.24) is 4.90 Å². The third-order valence-electron chi connectivity index (χ3n) is 3.88. The fourth-order valence-electron chi connectivity index (χ4n) is 2.37. The van der Waals surface area contributed by atoms with Crippen molar-refractivity contribution < 1.29 is 23.4 Å². The van der Waals surface area contributed by atoms with Gasteiger partial charge in [0.2, 0.25) is 0 Å². The molecule has 1 aliphatic heterocycles. The maximum atomic E-state index is 11.6. The van der Waals surface area contributed by atoms with E-state index in [1.165, 1.54) is 0 Å². The summed E-state index contributed by atoms with van der Waals surface area (Å²) in [5.41, 5.74) is -0.877. The van der Waals surface area contributed by atoms with Gasteiger partial charge in [0.1, 0.15) is 0 Å². The molecule has 0 aromatic carbocycles. The fraction of sp³-hybridized carbons (Fsp3) is 0.917. The molecule has 112 valence electrons. The third kappa shape index (κ3) is 4.74. The van der Waals surface area contributed by atoms with Crippen LogP contribution in [-0.2, 0) is 14.6 Å². The zero-order chi connectivity index (χ0) is 14.7. The number of carboxylic acid groups (broad SMARTS) is 1. The second-order valence-corrected chi connectivity index (χ2v) is 7.50. The van der Waals surface area contributed by atoms with Crippen LogP contribution in [0, 0.1) is 0 Å². The van der Waals surface area contributed by atoms with Gasteiger partial charge in [0.15, 0.2) is 9.84 Å². The molecule has 0 aromatic rings. The largest absolute Gasteiger partial charge is 0.481 e. The molecule has 7 heteroatoms. The Hall–Kier alpha value is -0.660. The first-order valence-electron chi connectivity index (χ1n) is 6.60. The number of hydrogen-bond acceptors (Lipinski definition) is 5. The van der Waals surface area contributed by atoms with E-state index in [4.69, 9.17) is 5.11 Å². The summed E-state index contributed by atoms with van der Waals surface area (Å²) in [7, 11) is -3.17. The summed E-state index contributed by atoms with van der Waals surface area (Å²) in [5.74, 6) is -1.11. The van der Waals surface area contributed by atoms with Gasteiger partial charge in [-0.1, -0.05) is 13.8 Å². The van der Waals surface area contributed by atoms with Crippen molar-refractivity contribution in [3.8, 4) is 0 Å². The molecule has 0 aliphatic carbocycles. The van der Waals surface area contributed by atoms with Gasteiger partial charge < -0.3 is 10.2 Å². The van der Waals surface area contributed by atoms with Crippen LogP contribution in [0.1, 0.15) is 33.1 Å². The predicted molar refractivity (Wildman–Crippen MR) is 71.8 cm³/mol. The zero-order valence-corrected chi connectivity index (χ0v) is 12.3. The molecule has 19 heavy (non-hydrogen) atoms. The lowest BCUT2D eigenvalue weighted by atomic mass is 9.96. The summed E-state index contributed by atoms with van der Waals surface area (Å²) in [4.78, 5) is 12.7. The van der Waals surface area contributed by atoms with Crippen LogP contribution >= 0.6 is 0 Å². The summed E-state index contributed by atoms with van der Waals surface area (Å²) in [5, 5.41) is 19.2. The van der Waals surface area contributed by atoms with Crippen molar-refractivity contribution in [2.75, 3.05) is 24.6 Å². The Morgan fingerprint density at radius 1 is 1.37 bits per heavy atom. The normalized spacial score (nSPS) is 24.3. The highest BCUT2D eigenvalue weighted by Gasteiger charge is 2.36. The average Bonchev–Trinajstić information content (AvgIpc) is 2.31. The SMILES string of the molecule is CCC(O)(CC)CN1CCS(=O)(=O)CC1CC(=O)O. The van der Waals surface area contributed by atoms with Gasteiger partial charge >= 0.3 is 5.97 Å². The number of nitrogens with zero attached hydrogens (tertiary/aromatic N) is 1. The van der Waals surface area contributed by atoms with Crippen LogP contribution in [0.15, 0.2) is 0 Å². The first-order valence-corrected chi connectivity index (χ1v) is 8.42. The first kappa shape index (κ1) is 16.4. The lowest BCUT2D eigenvalue weighted by Crippen LogP contribution is -2.54. The monoisotopic (exact) mass is 293 g/mol. The van der Waals surface area contributed by atoms with E-state index in [-0.39, 0.29) is 17.9 Å². The molecule has 1 rings (SSSR count). The molecule has 0 radical (unpaired) electrons. The number of sulfone groups is 1. The molecule has 0 aromatic heterocycles. The van der Waals surface area contributed by atoms with Crippen LogP contribution < -0.4 is 0 Å². The quantitative estimate of drug-likeness (QED) is 0.722. The van der Waals surface area contributed by atoms with Crippen molar-refractivity contribution in [3.63, 3.8) is 0 Å². The molecule has 1 fully saturated rings. The lowest BCUT2D eigenvalue weighted by Gasteiger charge is -2.39. The van der Waals surface area contributed by atoms with Gasteiger partial charge in [-0.15, -0.1) is 0 Å². The Morgan fingerprint density at radius 3 is 2.42 bits per heavy atom. The van der Waals surface area contributed by atoms with Crippen LogP contribution in [0.25, 0.3) is 0 Å². The van der Waals surface area contributed by atoms with Crippen molar-refractivity contribution in [2.24, 2.45) is 0 Å². The number of carbonyl (C=O) groups is 1. The molecular formula is C12H23NO5S. The molecule has 2 N–H and O–H groups in total. The molecule has 0 saturated carbocycles. The number of rotatable bonds is 6. The Bertz CT molecular complexity index is 416. The van der Waals surface area contributed by atoms with Gasteiger partial charge in [-0.05, 0) is 12.8 Å². The highest BCUT2D eigenvalue weighted by Crippen LogP contribution is 2.22. The van der Waals surface area contributed by atoms with E-state index in [0.29, 0.717) is 25.9 Å². The zero-order valence-electron chi connectivity index (χ0n) is 11.5. The standard InChI is InChI=1S/C12H23NO5S/c1-3-12(16,4-2)9-13-5-6-19(17,18)8-10(13)7-11(14)15/h10,16H,3-9H2,1-2H3,(H,14,15). The van der Waals surface area contributed by atoms with Gasteiger partial charge in [-0.3, -0.25) is 9.69 Å². The summed E-state index contributed by atoms with van der Waals surface area (Å²) in [6.07, 6.45) is 0.918. The van der Waals surface area contributed by atoms with Gasteiger partial charge in [0, 0.05) is 19.1 Å². The summed E-state index contributed by atoms with van der Waals surface area (Å²) in [6, 6.07) is -0.541. The number of aliphatic hydroxyl groups is 1. The van der Waals surface area contributed by atoms with E-state index in [1.54, 1.807) is 0 Å². The first-order chi connectivity index (χ1) is 8.71. The third-order valence-corrected chi connectivity index (χ3v) is 5.57. The fourth-order valence-corrected chi connectivity index (χ4v) is 3.96. The van der Waals surface area contributed by atoms with Crippen LogP contribution in [-0.4, -0.2) is 65.7 Å². The molecule has 6 nitrogen and oxygen atoms in total. The Morgan fingerprint density at radius 2 is 1.95 bits per heavy atom. The number of hydrogen-bond donors (Lipinski definition) is 2. The van der Waals surface area contributed by atoms with Gasteiger partial charge in [0.05, 0.1) is 23.5 Å².